The Hall–Kier alpha value is -2.64. The van der Waals surface area contributed by atoms with Crippen LogP contribution >= 0.6 is 11.6 Å². The summed E-state index contributed by atoms with van der Waals surface area (Å²) in [6.45, 7) is 0.772. The summed E-state index contributed by atoms with van der Waals surface area (Å²) in [5.74, 6) is 0.117. The number of nitrogens with zero attached hydrogens (tertiary/aromatic N) is 3. The maximum Gasteiger partial charge on any atom is 0.257 e. The Balaban J connectivity index is 1.58. The smallest absolute Gasteiger partial charge is 0.257 e. The number of hydrogen-bond acceptors (Lipinski definition) is 5. The third-order valence-electron chi connectivity index (χ3n) is 5.50. The largest absolute Gasteiger partial charge is 0.467 e. The topological polar surface area (TPSA) is 92.1 Å². The summed E-state index contributed by atoms with van der Waals surface area (Å²) in [7, 11) is 0. The third kappa shape index (κ3) is 4.21. The number of piperidine rings is 1. The van der Waals surface area contributed by atoms with Crippen LogP contribution in [-0.4, -0.2) is 46.6 Å². The minimum atomic E-state index is -0.405. The van der Waals surface area contributed by atoms with Crippen molar-refractivity contribution in [1.82, 2.24) is 9.91 Å². The van der Waals surface area contributed by atoms with Gasteiger partial charge in [0.15, 0.2) is 0 Å². The summed E-state index contributed by atoms with van der Waals surface area (Å²) in [6.07, 6.45) is 4.70. The van der Waals surface area contributed by atoms with Crippen LogP contribution in [0.5, 0.6) is 0 Å². The van der Waals surface area contributed by atoms with Gasteiger partial charge < -0.3 is 10.2 Å². The molecule has 4 rings (SSSR count). The highest BCUT2D eigenvalue weighted by Gasteiger charge is 2.37. The minimum absolute atomic E-state index is 0.0994. The Morgan fingerprint density at radius 3 is 2.69 bits per heavy atom. The van der Waals surface area contributed by atoms with Gasteiger partial charge in [0.05, 0.1) is 24.6 Å². The average Bonchev–Trinajstić information content (AvgIpc) is 3.38. The van der Waals surface area contributed by atoms with Crippen LogP contribution in [0.3, 0.4) is 0 Å². The molecule has 1 aromatic carbocycles. The molecule has 2 atom stereocenters. The Labute approximate surface area is 174 Å². The molecule has 152 valence electrons. The molecule has 0 bridgehead atoms. The molecule has 0 radical (unpaired) electrons. The third-order valence-corrected chi connectivity index (χ3v) is 5.75. The molecule has 1 saturated heterocycles. The summed E-state index contributed by atoms with van der Waals surface area (Å²) < 4.78 is 5.57. The van der Waals surface area contributed by atoms with E-state index in [9.17, 15) is 9.59 Å². The van der Waals surface area contributed by atoms with E-state index in [2.05, 4.69) is 5.10 Å². The van der Waals surface area contributed by atoms with Gasteiger partial charge in [-0.2, -0.15) is 5.10 Å². The van der Waals surface area contributed by atoms with E-state index in [0.29, 0.717) is 30.2 Å². The quantitative estimate of drug-likeness (QED) is 0.814. The highest BCUT2D eigenvalue weighted by Crippen LogP contribution is 2.33. The standard InChI is InChI=1S/C21H23ClN4O3/c22-15-8-6-14(7-9-15)16-12-18(19-5-3-11-29-19)26(24-16)20(27)13-25-10-2-1-4-17(25)21(23)28/h3,5-9,11,17-18H,1-2,4,10,12-13H2,(H2,23,28)/t17-,18-/m0/s1. The molecule has 3 heterocycles. The van der Waals surface area contributed by atoms with E-state index in [1.165, 1.54) is 5.01 Å². The van der Waals surface area contributed by atoms with Gasteiger partial charge in [-0.1, -0.05) is 30.2 Å². The van der Waals surface area contributed by atoms with Crippen LogP contribution in [-0.2, 0) is 9.59 Å². The molecule has 2 aliphatic rings. The van der Waals surface area contributed by atoms with E-state index >= 15 is 0 Å². The molecule has 8 heteroatoms. The van der Waals surface area contributed by atoms with Crippen molar-refractivity contribution in [3.8, 4) is 0 Å². The van der Waals surface area contributed by atoms with E-state index in [-0.39, 0.29) is 24.4 Å². The number of primary amides is 1. The molecular weight excluding hydrogens is 392 g/mol. The lowest BCUT2D eigenvalue weighted by molar-refractivity contribution is -0.137. The van der Waals surface area contributed by atoms with E-state index in [0.717, 1.165) is 24.1 Å². The van der Waals surface area contributed by atoms with Gasteiger partial charge in [-0.25, -0.2) is 5.01 Å². The SMILES string of the molecule is NC(=O)[C@@H]1CCCCN1CC(=O)N1N=C(c2ccc(Cl)cc2)C[C@H]1c1ccco1. The monoisotopic (exact) mass is 414 g/mol. The molecule has 0 aliphatic carbocycles. The fourth-order valence-electron chi connectivity index (χ4n) is 4.01. The van der Waals surface area contributed by atoms with Crippen LogP contribution in [0.2, 0.25) is 5.02 Å². The molecule has 0 spiro atoms. The first-order valence-corrected chi connectivity index (χ1v) is 10.1. The van der Waals surface area contributed by atoms with Crippen molar-refractivity contribution in [2.75, 3.05) is 13.1 Å². The normalized spacial score (nSPS) is 22.5. The van der Waals surface area contributed by atoms with Crippen LogP contribution in [0.1, 0.15) is 43.0 Å². The second kappa shape index (κ2) is 8.39. The van der Waals surface area contributed by atoms with Gasteiger partial charge in [-0.15, -0.1) is 0 Å². The number of halogens is 1. The number of hydrazone groups is 1. The van der Waals surface area contributed by atoms with E-state index in [1.54, 1.807) is 24.5 Å². The minimum Gasteiger partial charge on any atom is -0.467 e. The number of likely N-dealkylation sites (tertiary alicyclic amines) is 1. The van der Waals surface area contributed by atoms with E-state index in [1.807, 2.05) is 23.1 Å². The molecule has 29 heavy (non-hydrogen) atoms. The van der Waals surface area contributed by atoms with Crippen molar-refractivity contribution >= 4 is 29.1 Å². The Bertz CT molecular complexity index is 911. The first-order valence-electron chi connectivity index (χ1n) is 9.75. The van der Waals surface area contributed by atoms with Crippen molar-refractivity contribution < 1.29 is 14.0 Å². The maximum atomic E-state index is 13.2. The molecule has 7 nitrogen and oxygen atoms in total. The fourth-order valence-corrected chi connectivity index (χ4v) is 4.13. The van der Waals surface area contributed by atoms with E-state index in [4.69, 9.17) is 21.8 Å². The predicted octanol–water partition coefficient (Wildman–Crippen LogP) is 2.95. The van der Waals surface area contributed by atoms with Crippen molar-refractivity contribution in [3.05, 3.63) is 59.0 Å². The fraction of sp³-hybridized carbons (Fsp3) is 0.381. The second-order valence-electron chi connectivity index (χ2n) is 7.41. The van der Waals surface area contributed by atoms with Gasteiger partial charge in [-0.3, -0.25) is 14.5 Å². The van der Waals surface area contributed by atoms with Gasteiger partial charge in [0.25, 0.3) is 5.91 Å². The average molecular weight is 415 g/mol. The van der Waals surface area contributed by atoms with Gasteiger partial charge in [0, 0.05) is 11.4 Å². The number of benzene rings is 1. The van der Waals surface area contributed by atoms with Crippen LogP contribution in [0.4, 0.5) is 0 Å². The first-order chi connectivity index (χ1) is 14.0. The lowest BCUT2D eigenvalue weighted by atomic mass is 10.0. The Morgan fingerprint density at radius 2 is 2.00 bits per heavy atom. The number of amides is 2. The van der Waals surface area contributed by atoms with E-state index < -0.39 is 6.04 Å². The Morgan fingerprint density at radius 1 is 1.21 bits per heavy atom. The predicted molar refractivity (Wildman–Crippen MR) is 109 cm³/mol. The van der Waals surface area contributed by atoms with Crippen molar-refractivity contribution in [2.45, 2.75) is 37.8 Å². The van der Waals surface area contributed by atoms with Crippen LogP contribution in [0.15, 0.2) is 52.2 Å². The molecule has 2 N–H and O–H groups in total. The molecule has 2 aromatic rings. The van der Waals surface area contributed by atoms with Crippen molar-refractivity contribution in [1.29, 1.82) is 0 Å². The van der Waals surface area contributed by atoms with Crippen LogP contribution in [0, 0.1) is 0 Å². The summed E-state index contributed by atoms with van der Waals surface area (Å²) in [5.41, 5.74) is 7.25. The van der Waals surface area contributed by atoms with Crippen LogP contribution in [0.25, 0.3) is 0 Å². The summed E-state index contributed by atoms with van der Waals surface area (Å²) in [5, 5.41) is 6.74. The number of furan rings is 1. The number of nitrogens with two attached hydrogens (primary N) is 1. The van der Waals surface area contributed by atoms with Gasteiger partial charge in [0.1, 0.15) is 11.8 Å². The van der Waals surface area contributed by atoms with Crippen LogP contribution < -0.4 is 5.73 Å². The molecule has 0 unspecified atom stereocenters. The molecule has 1 fully saturated rings. The van der Waals surface area contributed by atoms with Gasteiger partial charge in [0.2, 0.25) is 5.91 Å². The summed E-state index contributed by atoms with van der Waals surface area (Å²) >= 11 is 5.99. The van der Waals surface area contributed by atoms with Crippen molar-refractivity contribution in [2.24, 2.45) is 10.8 Å². The molecule has 2 aliphatic heterocycles. The first kappa shape index (κ1) is 19.7. The zero-order valence-electron chi connectivity index (χ0n) is 16.0. The highest BCUT2D eigenvalue weighted by atomic mass is 35.5. The maximum absolute atomic E-state index is 13.2. The van der Waals surface area contributed by atoms with Gasteiger partial charge >= 0.3 is 0 Å². The lowest BCUT2D eigenvalue weighted by Crippen LogP contribution is -2.51. The highest BCUT2D eigenvalue weighted by molar-refractivity contribution is 6.30. The molecular formula is C21H23ClN4O3. The molecule has 2 amide bonds. The zero-order chi connectivity index (χ0) is 20.4. The number of hydrogen-bond donors (Lipinski definition) is 1. The van der Waals surface area contributed by atoms with Crippen molar-refractivity contribution in [3.63, 3.8) is 0 Å². The summed E-state index contributed by atoms with van der Waals surface area (Å²) in [6, 6.07) is 10.3. The van der Waals surface area contributed by atoms with Gasteiger partial charge in [-0.05, 0) is 49.2 Å². The molecule has 1 aromatic heterocycles. The zero-order valence-corrected chi connectivity index (χ0v) is 16.7. The Kier molecular flexibility index (Phi) is 5.69. The number of carbonyl (C=O) groups excluding carboxylic acids is 2. The molecule has 0 saturated carbocycles. The second-order valence-corrected chi connectivity index (χ2v) is 7.85. The number of carbonyl (C=O) groups is 2. The lowest BCUT2D eigenvalue weighted by Gasteiger charge is -2.34. The summed E-state index contributed by atoms with van der Waals surface area (Å²) in [4.78, 5) is 26.8. The number of rotatable bonds is 5.